The zero-order valence-electron chi connectivity index (χ0n) is 11.4. The molecular weight excluding hydrogens is 248 g/mol. The SMILES string of the molecule is CCC(CC)(NC(=O)NC(C)c1cn[nH]c1)C(=O)O. The molecule has 4 N–H and O–H groups in total. The number of nitrogens with zero attached hydrogens (tertiary/aromatic N) is 1. The van der Waals surface area contributed by atoms with Crippen LogP contribution in [0, 0.1) is 0 Å². The Kier molecular flexibility index (Phi) is 4.91. The molecular formula is C12H20N4O3. The van der Waals surface area contributed by atoms with Crippen LogP contribution in [-0.4, -0.2) is 32.8 Å². The number of H-pyrrole nitrogens is 1. The van der Waals surface area contributed by atoms with Crippen LogP contribution in [0.3, 0.4) is 0 Å². The van der Waals surface area contributed by atoms with Gasteiger partial charge in [0.25, 0.3) is 0 Å². The molecule has 0 aliphatic heterocycles. The molecule has 1 rings (SSSR count). The van der Waals surface area contributed by atoms with Gasteiger partial charge in [-0.15, -0.1) is 0 Å². The fraction of sp³-hybridized carbons (Fsp3) is 0.583. The Hall–Kier alpha value is -2.05. The lowest BCUT2D eigenvalue weighted by molar-refractivity contribution is -0.144. The number of carbonyl (C=O) groups excluding carboxylic acids is 1. The first-order valence-corrected chi connectivity index (χ1v) is 6.26. The second kappa shape index (κ2) is 6.21. The van der Waals surface area contributed by atoms with Crippen LogP contribution in [0.25, 0.3) is 0 Å². The Morgan fingerprint density at radius 2 is 2.11 bits per heavy atom. The molecule has 0 fully saturated rings. The van der Waals surface area contributed by atoms with E-state index in [0.29, 0.717) is 12.8 Å². The summed E-state index contributed by atoms with van der Waals surface area (Å²) < 4.78 is 0. The monoisotopic (exact) mass is 268 g/mol. The number of carboxylic acids is 1. The highest BCUT2D eigenvalue weighted by Gasteiger charge is 2.36. The van der Waals surface area contributed by atoms with Crippen LogP contribution in [0.5, 0.6) is 0 Å². The third-order valence-electron chi connectivity index (χ3n) is 3.34. The van der Waals surface area contributed by atoms with Crippen molar-refractivity contribution in [3.63, 3.8) is 0 Å². The van der Waals surface area contributed by atoms with Crippen molar-refractivity contribution in [2.75, 3.05) is 0 Å². The van der Waals surface area contributed by atoms with Crippen molar-refractivity contribution in [3.05, 3.63) is 18.0 Å². The normalized spacial score (nSPS) is 12.8. The van der Waals surface area contributed by atoms with Gasteiger partial charge in [0.2, 0.25) is 0 Å². The average Bonchev–Trinajstić information content (AvgIpc) is 2.89. The molecule has 2 amide bonds. The molecule has 0 saturated carbocycles. The Morgan fingerprint density at radius 1 is 1.47 bits per heavy atom. The van der Waals surface area contributed by atoms with Crippen LogP contribution < -0.4 is 10.6 Å². The fourth-order valence-electron chi connectivity index (χ4n) is 1.81. The Balaban J connectivity index is 2.66. The van der Waals surface area contributed by atoms with Gasteiger partial charge in [-0.1, -0.05) is 13.8 Å². The number of aromatic nitrogens is 2. The Bertz CT molecular complexity index is 426. The van der Waals surface area contributed by atoms with E-state index in [1.807, 2.05) is 0 Å². The molecule has 0 aromatic carbocycles. The third-order valence-corrected chi connectivity index (χ3v) is 3.34. The summed E-state index contributed by atoms with van der Waals surface area (Å²) in [4.78, 5) is 23.1. The molecule has 1 aromatic rings. The highest BCUT2D eigenvalue weighted by atomic mass is 16.4. The van der Waals surface area contributed by atoms with E-state index in [9.17, 15) is 14.7 Å². The summed E-state index contributed by atoms with van der Waals surface area (Å²) in [6.07, 6.45) is 3.93. The molecule has 0 aliphatic rings. The summed E-state index contributed by atoms with van der Waals surface area (Å²) in [5, 5.41) is 20.9. The largest absolute Gasteiger partial charge is 0.480 e. The number of nitrogens with one attached hydrogen (secondary N) is 3. The minimum Gasteiger partial charge on any atom is -0.480 e. The van der Waals surface area contributed by atoms with E-state index in [-0.39, 0.29) is 6.04 Å². The molecule has 1 heterocycles. The first kappa shape index (κ1) is 15.0. The van der Waals surface area contributed by atoms with Crippen LogP contribution >= 0.6 is 0 Å². The number of aliphatic carboxylic acids is 1. The third kappa shape index (κ3) is 3.46. The fourth-order valence-corrected chi connectivity index (χ4v) is 1.81. The maximum Gasteiger partial charge on any atom is 0.329 e. The maximum atomic E-state index is 11.9. The molecule has 0 spiro atoms. The summed E-state index contributed by atoms with van der Waals surface area (Å²) in [5.74, 6) is -1.02. The topological polar surface area (TPSA) is 107 Å². The molecule has 0 bridgehead atoms. The number of hydrogen-bond donors (Lipinski definition) is 4. The summed E-state index contributed by atoms with van der Waals surface area (Å²) >= 11 is 0. The van der Waals surface area contributed by atoms with Crippen LogP contribution in [0.1, 0.15) is 45.2 Å². The predicted octanol–water partition coefficient (Wildman–Crippen LogP) is 1.41. The lowest BCUT2D eigenvalue weighted by Gasteiger charge is -2.28. The average molecular weight is 268 g/mol. The molecule has 0 aliphatic carbocycles. The molecule has 106 valence electrons. The van der Waals surface area contributed by atoms with Gasteiger partial charge in [0.15, 0.2) is 0 Å². The van der Waals surface area contributed by atoms with Crippen LogP contribution in [0.2, 0.25) is 0 Å². The highest BCUT2D eigenvalue weighted by Crippen LogP contribution is 2.16. The number of urea groups is 1. The quantitative estimate of drug-likeness (QED) is 0.625. The lowest BCUT2D eigenvalue weighted by atomic mass is 9.93. The van der Waals surface area contributed by atoms with Gasteiger partial charge in [0.1, 0.15) is 5.54 Å². The van der Waals surface area contributed by atoms with Gasteiger partial charge in [-0.05, 0) is 19.8 Å². The van der Waals surface area contributed by atoms with Gasteiger partial charge in [-0.25, -0.2) is 9.59 Å². The van der Waals surface area contributed by atoms with Gasteiger partial charge in [0, 0.05) is 11.8 Å². The molecule has 0 radical (unpaired) electrons. The molecule has 7 heteroatoms. The number of carbonyl (C=O) groups is 2. The van der Waals surface area contributed by atoms with Gasteiger partial charge < -0.3 is 15.7 Å². The number of carboxylic acid groups (broad SMARTS) is 1. The summed E-state index contributed by atoms with van der Waals surface area (Å²) in [7, 11) is 0. The van der Waals surface area contributed by atoms with E-state index in [1.165, 1.54) is 0 Å². The standard InChI is InChI=1S/C12H20N4O3/c1-4-12(5-2,10(17)18)16-11(19)15-8(3)9-6-13-14-7-9/h6-8H,4-5H2,1-3H3,(H,13,14)(H,17,18)(H2,15,16,19). The van der Waals surface area contributed by atoms with E-state index in [2.05, 4.69) is 20.8 Å². The molecule has 1 aromatic heterocycles. The Labute approximate surface area is 111 Å². The minimum absolute atomic E-state index is 0.251. The summed E-state index contributed by atoms with van der Waals surface area (Å²) in [6, 6.07) is -0.751. The van der Waals surface area contributed by atoms with E-state index in [4.69, 9.17) is 0 Å². The van der Waals surface area contributed by atoms with Crippen LogP contribution in [-0.2, 0) is 4.79 Å². The van der Waals surface area contributed by atoms with E-state index in [1.54, 1.807) is 33.2 Å². The summed E-state index contributed by atoms with van der Waals surface area (Å²) in [5.41, 5.74) is -0.399. The van der Waals surface area contributed by atoms with Crippen molar-refractivity contribution in [2.45, 2.75) is 45.2 Å². The second-order valence-corrected chi connectivity index (χ2v) is 4.45. The second-order valence-electron chi connectivity index (χ2n) is 4.45. The first-order valence-electron chi connectivity index (χ1n) is 6.26. The lowest BCUT2D eigenvalue weighted by Crippen LogP contribution is -2.56. The van der Waals surface area contributed by atoms with Crippen molar-refractivity contribution in [3.8, 4) is 0 Å². The van der Waals surface area contributed by atoms with Crippen molar-refractivity contribution in [2.24, 2.45) is 0 Å². The van der Waals surface area contributed by atoms with Gasteiger partial charge >= 0.3 is 12.0 Å². The van der Waals surface area contributed by atoms with Gasteiger partial charge in [-0.3, -0.25) is 5.10 Å². The maximum absolute atomic E-state index is 11.9. The molecule has 19 heavy (non-hydrogen) atoms. The smallest absolute Gasteiger partial charge is 0.329 e. The van der Waals surface area contributed by atoms with E-state index >= 15 is 0 Å². The zero-order valence-corrected chi connectivity index (χ0v) is 11.4. The number of rotatable bonds is 6. The minimum atomic E-state index is -1.22. The zero-order chi connectivity index (χ0) is 14.5. The van der Waals surface area contributed by atoms with E-state index in [0.717, 1.165) is 5.56 Å². The number of aromatic amines is 1. The predicted molar refractivity (Wildman–Crippen MR) is 69.6 cm³/mol. The number of hydrogen-bond acceptors (Lipinski definition) is 3. The van der Waals surface area contributed by atoms with Crippen molar-refractivity contribution in [1.29, 1.82) is 0 Å². The molecule has 0 saturated heterocycles. The van der Waals surface area contributed by atoms with Crippen molar-refractivity contribution in [1.82, 2.24) is 20.8 Å². The molecule has 1 atom stereocenters. The van der Waals surface area contributed by atoms with Crippen LogP contribution in [0.4, 0.5) is 4.79 Å². The van der Waals surface area contributed by atoms with Gasteiger partial charge in [-0.2, -0.15) is 5.10 Å². The van der Waals surface area contributed by atoms with Crippen molar-refractivity contribution < 1.29 is 14.7 Å². The highest BCUT2D eigenvalue weighted by molar-refractivity contribution is 5.86. The van der Waals surface area contributed by atoms with Gasteiger partial charge in [0.05, 0.1) is 12.2 Å². The van der Waals surface area contributed by atoms with Crippen LogP contribution in [0.15, 0.2) is 12.4 Å². The summed E-state index contributed by atoms with van der Waals surface area (Å²) in [6.45, 7) is 5.26. The first-order chi connectivity index (χ1) is 8.95. The van der Waals surface area contributed by atoms with Crippen molar-refractivity contribution >= 4 is 12.0 Å². The molecule has 7 nitrogen and oxygen atoms in total. The van der Waals surface area contributed by atoms with E-state index < -0.39 is 17.5 Å². The number of amides is 2. The Morgan fingerprint density at radius 3 is 2.53 bits per heavy atom. The molecule has 1 unspecified atom stereocenters.